The van der Waals surface area contributed by atoms with E-state index in [2.05, 4.69) is 17.0 Å². The largest absolute Gasteiger partial charge is 0.326 e. The molecule has 0 saturated carbocycles. The zero-order valence-corrected chi connectivity index (χ0v) is 9.18. The summed E-state index contributed by atoms with van der Waals surface area (Å²) in [5.74, 6) is -0.832. The summed E-state index contributed by atoms with van der Waals surface area (Å²) in [6, 6.07) is 6.20. The number of amides is 1. The van der Waals surface area contributed by atoms with Crippen molar-refractivity contribution in [1.82, 2.24) is 0 Å². The van der Waals surface area contributed by atoms with Crippen molar-refractivity contribution in [3.63, 3.8) is 0 Å². The molecule has 0 saturated heterocycles. The summed E-state index contributed by atoms with van der Waals surface area (Å²) < 4.78 is 0. The van der Waals surface area contributed by atoms with Crippen LogP contribution < -0.4 is 5.32 Å². The molecule has 0 radical (unpaired) electrons. The van der Waals surface area contributed by atoms with Gasteiger partial charge < -0.3 is 10.3 Å². The van der Waals surface area contributed by atoms with Crippen LogP contribution in [0.2, 0.25) is 0 Å². The molecule has 1 aromatic carbocycles. The quantitative estimate of drug-likeness (QED) is 0.345. The summed E-state index contributed by atoms with van der Waals surface area (Å²) in [5, 5.41) is 2.60. The highest BCUT2D eigenvalue weighted by Gasteiger charge is 2.06. The number of benzene rings is 1. The molecule has 0 spiro atoms. The summed E-state index contributed by atoms with van der Waals surface area (Å²) in [6.45, 7) is 3.62. The van der Waals surface area contributed by atoms with E-state index in [1.54, 1.807) is 12.1 Å². The van der Waals surface area contributed by atoms with Gasteiger partial charge in [0.25, 0.3) is 0 Å². The minimum atomic E-state index is -0.617. The SMILES string of the molecule is C=NCCC(=O)Nc1cccc(C(=O)C=O)c1. The van der Waals surface area contributed by atoms with E-state index in [-0.39, 0.29) is 24.2 Å². The van der Waals surface area contributed by atoms with E-state index in [4.69, 9.17) is 0 Å². The fourth-order valence-corrected chi connectivity index (χ4v) is 1.22. The fraction of sp³-hybridized carbons (Fsp3) is 0.167. The minimum absolute atomic E-state index is 0.215. The lowest BCUT2D eigenvalue weighted by Gasteiger charge is -2.04. The van der Waals surface area contributed by atoms with Crippen LogP contribution in [0.25, 0.3) is 0 Å². The van der Waals surface area contributed by atoms with Crippen LogP contribution in [0.1, 0.15) is 16.8 Å². The molecule has 17 heavy (non-hydrogen) atoms. The number of hydrogen-bond donors (Lipinski definition) is 1. The Kier molecular flexibility index (Phi) is 4.75. The Morgan fingerprint density at radius 1 is 1.41 bits per heavy atom. The van der Waals surface area contributed by atoms with Gasteiger partial charge in [-0.2, -0.15) is 0 Å². The van der Waals surface area contributed by atoms with Crippen molar-refractivity contribution in [2.45, 2.75) is 6.42 Å². The summed E-state index contributed by atoms with van der Waals surface area (Å²) in [4.78, 5) is 36.4. The van der Waals surface area contributed by atoms with E-state index in [1.807, 2.05) is 0 Å². The zero-order valence-electron chi connectivity index (χ0n) is 9.18. The lowest BCUT2D eigenvalue weighted by molar-refractivity contribution is -0.116. The average Bonchev–Trinajstić information content (AvgIpc) is 2.35. The molecule has 1 N–H and O–H groups in total. The molecule has 0 heterocycles. The Bertz CT molecular complexity index is 455. The molecule has 1 rings (SSSR count). The molecule has 1 amide bonds. The first-order chi connectivity index (χ1) is 8.17. The Hall–Kier alpha value is -2.30. The highest BCUT2D eigenvalue weighted by Crippen LogP contribution is 2.11. The van der Waals surface area contributed by atoms with Crippen LogP contribution in [0.4, 0.5) is 5.69 Å². The van der Waals surface area contributed by atoms with E-state index >= 15 is 0 Å². The molecule has 5 nitrogen and oxygen atoms in total. The standard InChI is InChI=1S/C12H12N2O3/c1-13-6-5-12(17)14-10-4-2-3-9(7-10)11(16)8-15/h2-4,7-8H,1,5-6H2,(H,14,17). The normalized spacial score (nSPS) is 9.41. The van der Waals surface area contributed by atoms with E-state index < -0.39 is 5.78 Å². The van der Waals surface area contributed by atoms with E-state index in [0.717, 1.165) is 0 Å². The maximum Gasteiger partial charge on any atom is 0.226 e. The molecular formula is C12H12N2O3. The van der Waals surface area contributed by atoms with Crippen molar-refractivity contribution in [3.05, 3.63) is 29.8 Å². The maximum absolute atomic E-state index is 11.4. The molecule has 0 bridgehead atoms. The number of aldehydes is 1. The van der Waals surface area contributed by atoms with Crippen LogP contribution in [0.3, 0.4) is 0 Å². The molecule has 0 atom stereocenters. The van der Waals surface area contributed by atoms with Crippen molar-refractivity contribution in [2.24, 2.45) is 4.99 Å². The van der Waals surface area contributed by atoms with Gasteiger partial charge in [0.15, 0.2) is 6.29 Å². The molecule has 0 fully saturated rings. The topological polar surface area (TPSA) is 75.6 Å². The molecule has 0 aliphatic carbocycles. The van der Waals surface area contributed by atoms with Crippen LogP contribution in [-0.2, 0) is 9.59 Å². The van der Waals surface area contributed by atoms with Gasteiger partial charge in [-0.25, -0.2) is 0 Å². The van der Waals surface area contributed by atoms with Gasteiger partial charge in [0.1, 0.15) is 0 Å². The van der Waals surface area contributed by atoms with Crippen LogP contribution in [-0.4, -0.2) is 31.2 Å². The monoisotopic (exact) mass is 232 g/mol. The number of Topliss-reactive ketones (excluding diaryl/α,β-unsaturated/α-hetero) is 1. The first kappa shape index (κ1) is 12.8. The van der Waals surface area contributed by atoms with Crippen LogP contribution in [0, 0.1) is 0 Å². The summed E-state index contributed by atoms with van der Waals surface area (Å²) in [5.41, 5.74) is 0.728. The van der Waals surface area contributed by atoms with Gasteiger partial charge in [0, 0.05) is 24.2 Å². The first-order valence-corrected chi connectivity index (χ1v) is 4.99. The number of carbonyl (C=O) groups excluding carboxylic acids is 3. The number of ketones is 1. The van der Waals surface area contributed by atoms with Gasteiger partial charge >= 0.3 is 0 Å². The van der Waals surface area contributed by atoms with Gasteiger partial charge in [0.2, 0.25) is 11.7 Å². The van der Waals surface area contributed by atoms with E-state index in [1.165, 1.54) is 12.1 Å². The Labute approximate surface area is 98.6 Å². The summed E-state index contributed by atoms with van der Waals surface area (Å²) in [7, 11) is 0. The minimum Gasteiger partial charge on any atom is -0.326 e. The molecule has 0 aliphatic rings. The summed E-state index contributed by atoms with van der Waals surface area (Å²) >= 11 is 0. The summed E-state index contributed by atoms with van der Waals surface area (Å²) in [6.07, 6.45) is 0.470. The lowest BCUT2D eigenvalue weighted by Crippen LogP contribution is -2.13. The van der Waals surface area contributed by atoms with Crippen molar-refractivity contribution >= 4 is 30.4 Å². The third-order valence-electron chi connectivity index (χ3n) is 2.03. The van der Waals surface area contributed by atoms with Crippen molar-refractivity contribution in [1.29, 1.82) is 0 Å². The number of hydrogen-bond acceptors (Lipinski definition) is 4. The Morgan fingerprint density at radius 2 is 2.18 bits per heavy atom. The predicted molar refractivity (Wildman–Crippen MR) is 64.5 cm³/mol. The highest BCUT2D eigenvalue weighted by atomic mass is 16.2. The number of nitrogens with one attached hydrogen (secondary N) is 1. The number of anilines is 1. The second kappa shape index (κ2) is 6.32. The third kappa shape index (κ3) is 3.98. The number of aliphatic imine (C=N–C) groups is 1. The molecule has 0 aliphatic heterocycles. The lowest BCUT2D eigenvalue weighted by atomic mass is 10.1. The van der Waals surface area contributed by atoms with Crippen molar-refractivity contribution < 1.29 is 14.4 Å². The Morgan fingerprint density at radius 3 is 2.82 bits per heavy atom. The fourth-order valence-electron chi connectivity index (χ4n) is 1.22. The van der Waals surface area contributed by atoms with Gasteiger partial charge in [-0.1, -0.05) is 12.1 Å². The smallest absolute Gasteiger partial charge is 0.226 e. The molecule has 0 unspecified atom stereocenters. The molecular weight excluding hydrogens is 220 g/mol. The van der Waals surface area contributed by atoms with Gasteiger partial charge in [-0.3, -0.25) is 14.4 Å². The molecule has 1 aromatic rings. The second-order valence-electron chi connectivity index (χ2n) is 3.31. The van der Waals surface area contributed by atoms with Crippen molar-refractivity contribution in [3.8, 4) is 0 Å². The van der Waals surface area contributed by atoms with Crippen LogP contribution >= 0.6 is 0 Å². The average molecular weight is 232 g/mol. The number of carbonyl (C=O) groups is 3. The van der Waals surface area contributed by atoms with Gasteiger partial charge in [-0.15, -0.1) is 0 Å². The predicted octanol–water partition coefficient (Wildman–Crippen LogP) is 1.10. The zero-order chi connectivity index (χ0) is 12.7. The third-order valence-corrected chi connectivity index (χ3v) is 2.03. The van der Waals surface area contributed by atoms with E-state index in [0.29, 0.717) is 12.2 Å². The maximum atomic E-state index is 11.4. The first-order valence-electron chi connectivity index (χ1n) is 4.99. The molecule has 0 aromatic heterocycles. The van der Waals surface area contributed by atoms with Crippen molar-refractivity contribution in [2.75, 3.05) is 11.9 Å². The van der Waals surface area contributed by atoms with Crippen LogP contribution in [0.15, 0.2) is 29.3 Å². The number of rotatable bonds is 6. The van der Waals surface area contributed by atoms with E-state index in [9.17, 15) is 14.4 Å². The van der Waals surface area contributed by atoms with Gasteiger partial charge in [0.05, 0.1) is 0 Å². The molecule has 5 heteroatoms. The van der Waals surface area contributed by atoms with Gasteiger partial charge in [-0.05, 0) is 18.9 Å². The highest BCUT2D eigenvalue weighted by molar-refractivity contribution is 6.33. The number of nitrogens with zero attached hydrogens (tertiary/aromatic N) is 1. The Balaban J connectivity index is 2.71. The second-order valence-corrected chi connectivity index (χ2v) is 3.31. The van der Waals surface area contributed by atoms with Crippen LogP contribution in [0.5, 0.6) is 0 Å². The molecule has 88 valence electrons.